The molecule has 2 fully saturated rings. The van der Waals surface area contributed by atoms with Crippen molar-refractivity contribution in [2.24, 2.45) is 0 Å². The van der Waals surface area contributed by atoms with Gasteiger partial charge in [-0.15, -0.1) is 0 Å². The quantitative estimate of drug-likeness (QED) is 0.800. The highest BCUT2D eigenvalue weighted by Gasteiger charge is 2.38. The fourth-order valence-corrected chi connectivity index (χ4v) is 3.51. The van der Waals surface area contributed by atoms with E-state index in [1.54, 1.807) is 0 Å². The molecule has 1 aromatic rings. The summed E-state index contributed by atoms with van der Waals surface area (Å²) in [6.45, 7) is 9.20. The van der Waals surface area contributed by atoms with Crippen molar-refractivity contribution < 1.29 is 9.59 Å². The Kier molecular flexibility index (Phi) is 5.71. The lowest BCUT2D eigenvalue weighted by atomic mass is 10.1. The minimum absolute atomic E-state index is 0.0748. The second kappa shape index (κ2) is 7.97. The highest BCUT2D eigenvalue weighted by atomic mass is 16.2. The van der Waals surface area contributed by atoms with Gasteiger partial charge < -0.3 is 5.32 Å². The van der Waals surface area contributed by atoms with Gasteiger partial charge in [0.1, 0.15) is 6.04 Å². The van der Waals surface area contributed by atoms with Gasteiger partial charge in [-0.1, -0.05) is 37.6 Å². The Bertz CT molecular complexity index is 626. The molecule has 2 aliphatic rings. The van der Waals surface area contributed by atoms with Gasteiger partial charge >= 0.3 is 6.03 Å². The molecule has 3 rings (SSSR count). The minimum atomic E-state index is -0.333. The van der Waals surface area contributed by atoms with E-state index < -0.39 is 0 Å². The summed E-state index contributed by atoms with van der Waals surface area (Å²) in [4.78, 5) is 30.4. The standard InChI is InChI=1S/C19H28N4O2/c1-3-6-17-18(24)23(19(25)20-17)14-22-11-9-21(10-12-22)13-16-8-5-4-7-15(16)2/h4-5,7-8,17H,3,6,9-14H2,1-2H3,(H,20,25)/t17-/m1/s1. The van der Waals surface area contributed by atoms with Crippen LogP contribution in [0.1, 0.15) is 30.9 Å². The number of amides is 3. The molecule has 3 amide bonds. The highest BCUT2D eigenvalue weighted by molar-refractivity contribution is 6.04. The number of hydrogen-bond donors (Lipinski definition) is 1. The number of carbonyl (C=O) groups excluding carboxylic acids is 2. The molecule has 0 aliphatic carbocycles. The Morgan fingerprint density at radius 3 is 2.44 bits per heavy atom. The molecule has 2 aliphatic heterocycles. The van der Waals surface area contributed by atoms with Crippen LogP contribution in [0.25, 0.3) is 0 Å². The molecule has 2 heterocycles. The van der Waals surface area contributed by atoms with Crippen LogP contribution in [0.5, 0.6) is 0 Å². The average molecular weight is 344 g/mol. The third-order valence-corrected chi connectivity index (χ3v) is 5.15. The number of carbonyl (C=O) groups is 2. The maximum absolute atomic E-state index is 12.3. The molecule has 0 unspecified atom stereocenters. The van der Waals surface area contributed by atoms with Gasteiger partial charge in [0, 0.05) is 32.7 Å². The number of hydrogen-bond acceptors (Lipinski definition) is 4. The fourth-order valence-electron chi connectivity index (χ4n) is 3.51. The molecular weight excluding hydrogens is 316 g/mol. The number of piperazine rings is 1. The van der Waals surface area contributed by atoms with Crippen molar-refractivity contribution in [2.45, 2.75) is 39.3 Å². The Morgan fingerprint density at radius 2 is 1.76 bits per heavy atom. The first-order valence-electron chi connectivity index (χ1n) is 9.19. The molecule has 2 saturated heterocycles. The van der Waals surface area contributed by atoms with Crippen molar-refractivity contribution in [2.75, 3.05) is 32.8 Å². The topological polar surface area (TPSA) is 55.9 Å². The average Bonchev–Trinajstić information content (AvgIpc) is 2.86. The molecular formula is C19H28N4O2. The molecule has 25 heavy (non-hydrogen) atoms. The second-order valence-electron chi connectivity index (χ2n) is 7.02. The summed E-state index contributed by atoms with van der Waals surface area (Å²) in [7, 11) is 0. The first-order valence-corrected chi connectivity index (χ1v) is 9.19. The summed E-state index contributed by atoms with van der Waals surface area (Å²) in [5, 5.41) is 2.79. The van der Waals surface area contributed by atoms with Gasteiger partial charge in [0.15, 0.2) is 0 Å². The monoisotopic (exact) mass is 344 g/mol. The van der Waals surface area contributed by atoms with Gasteiger partial charge in [-0.25, -0.2) is 9.69 Å². The summed E-state index contributed by atoms with van der Waals surface area (Å²) in [5.74, 6) is -0.0748. The van der Waals surface area contributed by atoms with E-state index >= 15 is 0 Å². The third kappa shape index (κ3) is 4.19. The van der Waals surface area contributed by atoms with Gasteiger partial charge in [0.2, 0.25) is 0 Å². The zero-order chi connectivity index (χ0) is 17.8. The fraction of sp³-hybridized carbons (Fsp3) is 0.579. The number of benzene rings is 1. The maximum Gasteiger partial charge on any atom is 0.325 e. The Morgan fingerprint density at radius 1 is 1.08 bits per heavy atom. The number of aryl methyl sites for hydroxylation is 1. The predicted octanol–water partition coefficient (Wildman–Crippen LogP) is 1.79. The van der Waals surface area contributed by atoms with E-state index in [1.807, 2.05) is 6.92 Å². The van der Waals surface area contributed by atoms with Crippen LogP contribution in [0, 0.1) is 6.92 Å². The number of rotatable bonds is 6. The Balaban J connectivity index is 1.49. The van der Waals surface area contributed by atoms with E-state index in [0.717, 1.165) is 39.1 Å². The smallest absolute Gasteiger partial charge is 0.325 e. The molecule has 6 nitrogen and oxygen atoms in total. The third-order valence-electron chi connectivity index (χ3n) is 5.15. The molecule has 0 saturated carbocycles. The van der Waals surface area contributed by atoms with Crippen molar-refractivity contribution in [1.82, 2.24) is 20.0 Å². The van der Waals surface area contributed by atoms with Crippen molar-refractivity contribution in [3.8, 4) is 0 Å². The summed E-state index contributed by atoms with van der Waals surface area (Å²) in [6.07, 6.45) is 1.60. The zero-order valence-electron chi connectivity index (χ0n) is 15.2. The van der Waals surface area contributed by atoms with Gasteiger partial charge in [0.25, 0.3) is 5.91 Å². The number of nitrogens with zero attached hydrogens (tertiary/aromatic N) is 3. The summed E-state index contributed by atoms with van der Waals surface area (Å²) < 4.78 is 0. The van der Waals surface area contributed by atoms with E-state index in [4.69, 9.17) is 0 Å². The normalized spacial score (nSPS) is 22.5. The van der Waals surface area contributed by atoms with Crippen LogP contribution in [0.2, 0.25) is 0 Å². The van der Waals surface area contributed by atoms with E-state index in [9.17, 15) is 9.59 Å². The molecule has 0 radical (unpaired) electrons. The summed E-state index contributed by atoms with van der Waals surface area (Å²) >= 11 is 0. The number of nitrogens with one attached hydrogen (secondary N) is 1. The van der Waals surface area contributed by atoms with Crippen molar-refractivity contribution >= 4 is 11.9 Å². The molecule has 0 aromatic heterocycles. The molecule has 0 spiro atoms. The number of imide groups is 1. The van der Waals surface area contributed by atoms with Gasteiger partial charge in [-0.05, 0) is 24.5 Å². The molecule has 1 aromatic carbocycles. The second-order valence-corrected chi connectivity index (χ2v) is 7.02. The Labute approximate surface area is 149 Å². The van der Waals surface area contributed by atoms with Gasteiger partial charge in [-0.2, -0.15) is 0 Å². The predicted molar refractivity (Wildman–Crippen MR) is 97.0 cm³/mol. The molecule has 1 atom stereocenters. The highest BCUT2D eigenvalue weighted by Crippen LogP contribution is 2.15. The maximum atomic E-state index is 12.3. The summed E-state index contributed by atoms with van der Waals surface area (Å²) in [5.41, 5.74) is 2.69. The lowest BCUT2D eigenvalue weighted by Gasteiger charge is -2.36. The summed E-state index contributed by atoms with van der Waals surface area (Å²) in [6, 6.07) is 7.91. The van der Waals surface area contributed by atoms with Crippen LogP contribution < -0.4 is 5.32 Å². The largest absolute Gasteiger partial charge is 0.326 e. The van der Waals surface area contributed by atoms with Gasteiger partial charge in [0.05, 0.1) is 6.67 Å². The van der Waals surface area contributed by atoms with E-state index in [2.05, 4.69) is 46.3 Å². The molecule has 1 N–H and O–H groups in total. The minimum Gasteiger partial charge on any atom is -0.326 e. The molecule has 6 heteroatoms. The van der Waals surface area contributed by atoms with Crippen LogP contribution in [-0.2, 0) is 11.3 Å². The van der Waals surface area contributed by atoms with E-state index in [0.29, 0.717) is 13.1 Å². The van der Waals surface area contributed by atoms with Crippen molar-refractivity contribution in [3.05, 3.63) is 35.4 Å². The Hall–Kier alpha value is -1.92. The first kappa shape index (κ1) is 17.9. The van der Waals surface area contributed by atoms with Gasteiger partial charge in [-0.3, -0.25) is 14.6 Å². The lowest BCUT2D eigenvalue weighted by Crippen LogP contribution is -2.51. The lowest BCUT2D eigenvalue weighted by molar-refractivity contribution is -0.129. The first-order chi connectivity index (χ1) is 12.1. The van der Waals surface area contributed by atoms with E-state index in [1.165, 1.54) is 16.0 Å². The number of urea groups is 1. The van der Waals surface area contributed by atoms with Crippen LogP contribution >= 0.6 is 0 Å². The van der Waals surface area contributed by atoms with Crippen LogP contribution in [0.15, 0.2) is 24.3 Å². The van der Waals surface area contributed by atoms with Crippen LogP contribution in [0.3, 0.4) is 0 Å². The molecule has 136 valence electrons. The van der Waals surface area contributed by atoms with Crippen LogP contribution in [-0.4, -0.2) is 65.5 Å². The van der Waals surface area contributed by atoms with Crippen molar-refractivity contribution in [3.63, 3.8) is 0 Å². The van der Waals surface area contributed by atoms with Crippen molar-refractivity contribution in [1.29, 1.82) is 0 Å². The molecule has 0 bridgehead atoms. The SMILES string of the molecule is CCC[C@H]1NC(=O)N(CN2CCN(Cc3ccccc3C)CC2)C1=O. The zero-order valence-corrected chi connectivity index (χ0v) is 15.2. The van der Waals surface area contributed by atoms with Crippen LogP contribution in [0.4, 0.5) is 4.79 Å². The van der Waals surface area contributed by atoms with E-state index in [-0.39, 0.29) is 18.0 Å².